The highest BCUT2D eigenvalue weighted by atomic mass is 16.5. The third-order valence-corrected chi connectivity index (χ3v) is 2.38. The van der Waals surface area contributed by atoms with E-state index in [0.717, 1.165) is 5.56 Å². The molecule has 0 aliphatic heterocycles. The van der Waals surface area contributed by atoms with Crippen LogP contribution in [0.15, 0.2) is 30.3 Å². The molecule has 1 atom stereocenters. The van der Waals surface area contributed by atoms with Gasteiger partial charge in [0.2, 0.25) is 0 Å². The van der Waals surface area contributed by atoms with Crippen LogP contribution in [0.5, 0.6) is 0 Å². The molecule has 0 spiro atoms. The summed E-state index contributed by atoms with van der Waals surface area (Å²) in [6, 6.07) is 8.47. The lowest BCUT2D eigenvalue weighted by molar-refractivity contribution is -0.154. The number of carbonyl (C=O) groups excluding carboxylic acids is 3. The SMILES string of the molecule is C[C@@H](OC(=O)CCc1ccccc1)C(=O)NC(N)=O. The predicted octanol–water partition coefficient (Wildman–Crippen LogP) is 0.746. The number of urea groups is 1. The van der Waals surface area contributed by atoms with Crippen LogP contribution in [0.4, 0.5) is 4.79 Å². The summed E-state index contributed by atoms with van der Waals surface area (Å²) in [5.74, 6) is -1.24. The van der Waals surface area contributed by atoms with Gasteiger partial charge in [0.1, 0.15) is 0 Å². The second-order valence-corrected chi connectivity index (χ2v) is 3.97. The van der Waals surface area contributed by atoms with E-state index < -0.39 is 24.0 Å². The van der Waals surface area contributed by atoms with E-state index in [0.29, 0.717) is 6.42 Å². The number of rotatable bonds is 5. The van der Waals surface area contributed by atoms with Crippen LogP contribution in [0.1, 0.15) is 18.9 Å². The van der Waals surface area contributed by atoms with E-state index in [1.807, 2.05) is 35.6 Å². The molecule has 102 valence electrons. The molecular formula is C13H16N2O4. The molecule has 0 heterocycles. The zero-order valence-electron chi connectivity index (χ0n) is 10.6. The molecule has 1 aromatic rings. The molecule has 0 aliphatic carbocycles. The first-order valence-electron chi connectivity index (χ1n) is 5.82. The number of hydrogen-bond acceptors (Lipinski definition) is 4. The lowest BCUT2D eigenvalue weighted by atomic mass is 10.1. The molecule has 0 saturated carbocycles. The van der Waals surface area contributed by atoms with Crippen molar-refractivity contribution in [2.24, 2.45) is 5.73 Å². The largest absolute Gasteiger partial charge is 0.453 e. The summed E-state index contributed by atoms with van der Waals surface area (Å²) in [6.45, 7) is 1.37. The van der Waals surface area contributed by atoms with Gasteiger partial charge in [0.05, 0.1) is 0 Å². The molecule has 0 bridgehead atoms. The molecule has 0 fully saturated rings. The van der Waals surface area contributed by atoms with Crippen LogP contribution in [-0.4, -0.2) is 24.0 Å². The van der Waals surface area contributed by atoms with E-state index in [9.17, 15) is 14.4 Å². The Hall–Kier alpha value is -2.37. The molecule has 0 aliphatic rings. The Balaban J connectivity index is 2.35. The summed E-state index contributed by atoms with van der Waals surface area (Å²) in [5.41, 5.74) is 5.79. The number of nitrogens with one attached hydrogen (secondary N) is 1. The highest BCUT2D eigenvalue weighted by molar-refractivity contribution is 5.96. The van der Waals surface area contributed by atoms with Gasteiger partial charge in [0, 0.05) is 6.42 Å². The molecule has 0 unspecified atom stereocenters. The second kappa shape index (κ2) is 7.15. The third-order valence-electron chi connectivity index (χ3n) is 2.38. The second-order valence-electron chi connectivity index (χ2n) is 3.97. The standard InChI is InChI=1S/C13H16N2O4/c1-9(12(17)15-13(14)18)19-11(16)8-7-10-5-3-2-4-6-10/h2-6,9H,7-8H2,1H3,(H3,14,15,17,18)/t9-/m1/s1. The number of nitrogens with two attached hydrogens (primary N) is 1. The Kier molecular flexibility index (Phi) is 5.53. The fourth-order valence-corrected chi connectivity index (χ4v) is 1.42. The molecule has 6 nitrogen and oxygen atoms in total. The Labute approximate surface area is 110 Å². The Morgan fingerprint density at radius 2 is 1.89 bits per heavy atom. The van der Waals surface area contributed by atoms with Crippen molar-refractivity contribution in [1.29, 1.82) is 0 Å². The molecule has 6 heteroatoms. The molecule has 19 heavy (non-hydrogen) atoms. The van der Waals surface area contributed by atoms with Gasteiger partial charge in [-0.2, -0.15) is 0 Å². The van der Waals surface area contributed by atoms with E-state index in [1.54, 1.807) is 0 Å². The number of ether oxygens (including phenoxy) is 1. The summed E-state index contributed by atoms with van der Waals surface area (Å²) in [6.07, 6.45) is -0.349. The minimum atomic E-state index is -1.05. The molecule has 1 aromatic carbocycles. The zero-order chi connectivity index (χ0) is 14.3. The van der Waals surface area contributed by atoms with Crippen LogP contribution in [0, 0.1) is 0 Å². The summed E-state index contributed by atoms with van der Waals surface area (Å²) in [4.78, 5) is 33.2. The number of amides is 3. The molecule has 0 aromatic heterocycles. The van der Waals surface area contributed by atoms with Gasteiger partial charge >= 0.3 is 12.0 Å². The van der Waals surface area contributed by atoms with Crippen LogP contribution in [0.25, 0.3) is 0 Å². The molecular weight excluding hydrogens is 248 g/mol. The van der Waals surface area contributed by atoms with E-state index in [2.05, 4.69) is 0 Å². The van der Waals surface area contributed by atoms with E-state index in [1.165, 1.54) is 6.92 Å². The lowest BCUT2D eigenvalue weighted by Gasteiger charge is -2.11. The highest BCUT2D eigenvalue weighted by Gasteiger charge is 2.18. The van der Waals surface area contributed by atoms with E-state index in [-0.39, 0.29) is 6.42 Å². The van der Waals surface area contributed by atoms with Gasteiger partial charge in [-0.15, -0.1) is 0 Å². The Bertz CT molecular complexity index is 459. The fourth-order valence-electron chi connectivity index (χ4n) is 1.42. The number of primary amides is 1. The van der Waals surface area contributed by atoms with Gasteiger partial charge in [-0.1, -0.05) is 30.3 Å². The topological polar surface area (TPSA) is 98.5 Å². The average Bonchev–Trinajstić information content (AvgIpc) is 2.36. The fraction of sp³-hybridized carbons (Fsp3) is 0.308. The maximum Gasteiger partial charge on any atom is 0.318 e. The first-order valence-corrected chi connectivity index (χ1v) is 5.82. The van der Waals surface area contributed by atoms with Crippen molar-refractivity contribution in [2.75, 3.05) is 0 Å². The van der Waals surface area contributed by atoms with Gasteiger partial charge in [0.25, 0.3) is 5.91 Å². The van der Waals surface area contributed by atoms with Crippen LogP contribution in [0.2, 0.25) is 0 Å². The maximum atomic E-state index is 11.5. The molecule has 0 radical (unpaired) electrons. The predicted molar refractivity (Wildman–Crippen MR) is 68.0 cm³/mol. The molecule has 3 N–H and O–H groups in total. The van der Waals surface area contributed by atoms with Crippen molar-refractivity contribution in [3.8, 4) is 0 Å². The summed E-state index contributed by atoms with van der Waals surface area (Å²) < 4.78 is 4.88. The van der Waals surface area contributed by atoms with Crippen LogP contribution in [0.3, 0.4) is 0 Å². The summed E-state index contributed by atoms with van der Waals surface area (Å²) in [5, 5.41) is 1.84. The van der Waals surface area contributed by atoms with E-state index in [4.69, 9.17) is 10.5 Å². The quantitative estimate of drug-likeness (QED) is 0.766. The number of aryl methyl sites for hydroxylation is 1. The lowest BCUT2D eigenvalue weighted by Crippen LogP contribution is -2.42. The minimum absolute atomic E-state index is 0.165. The van der Waals surface area contributed by atoms with Gasteiger partial charge in [0.15, 0.2) is 6.10 Å². The number of benzene rings is 1. The third kappa shape index (κ3) is 5.67. The van der Waals surface area contributed by atoms with Crippen LogP contribution in [-0.2, 0) is 20.7 Å². The van der Waals surface area contributed by atoms with Gasteiger partial charge < -0.3 is 10.5 Å². The van der Waals surface area contributed by atoms with Crippen molar-refractivity contribution >= 4 is 17.9 Å². The van der Waals surface area contributed by atoms with Gasteiger partial charge in [-0.05, 0) is 18.9 Å². The monoisotopic (exact) mass is 264 g/mol. The highest BCUT2D eigenvalue weighted by Crippen LogP contribution is 2.04. The maximum absolute atomic E-state index is 11.5. The van der Waals surface area contributed by atoms with Gasteiger partial charge in [-0.25, -0.2) is 4.79 Å². The molecule has 3 amide bonds. The molecule has 1 rings (SSSR count). The van der Waals surface area contributed by atoms with Crippen molar-refractivity contribution in [1.82, 2.24) is 5.32 Å². The van der Waals surface area contributed by atoms with Crippen LogP contribution >= 0.6 is 0 Å². The first kappa shape index (κ1) is 14.7. The van der Waals surface area contributed by atoms with Crippen molar-refractivity contribution in [3.63, 3.8) is 0 Å². The smallest absolute Gasteiger partial charge is 0.318 e. The van der Waals surface area contributed by atoms with Crippen LogP contribution < -0.4 is 11.1 Å². The number of esters is 1. The minimum Gasteiger partial charge on any atom is -0.453 e. The average molecular weight is 264 g/mol. The zero-order valence-corrected chi connectivity index (χ0v) is 10.6. The van der Waals surface area contributed by atoms with E-state index >= 15 is 0 Å². The Morgan fingerprint density at radius 3 is 2.47 bits per heavy atom. The van der Waals surface area contributed by atoms with Gasteiger partial charge in [-0.3, -0.25) is 14.9 Å². The molecule has 0 saturated heterocycles. The van der Waals surface area contributed by atoms with Crippen molar-refractivity contribution < 1.29 is 19.1 Å². The van der Waals surface area contributed by atoms with Crippen molar-refractivity contribution in [3.05, 3.63) is 35.9 Å². The normalized spacial score (nSPS) is 11.4. The first-order chi connectivity index (χ1) is 8.99. The van der Waals surface area contributed by atoms with Crippen molar-refractivity contribution in [2.45, 2.75) is 25.9 Å². The number of imide groups is 1. The number of hydrogen-bond donors (Lipinski definition) is 2. The Morgan fingerprint density at radius 1 is 1.26 bits per heavy atom. The summed E-state index contributed by atoms with van der Waals surface area (Å²) >= 11 is 0. The number of carbonyl (C=O) groups is 3. The summed E-state index contributed by atoms with van der Waals surface area (Å²) in [7, 11) is 0.